The van der Waals surface area contributed by atoms with Crippen LogP contribution in [0.1, 0.15) is 36.4 Å². The van der Waals surface area contributed by atoms with E-state index in [2.05, 4.69) is 23.5 Å². The van der Waals surface area contributed by atoms with Crippen molar-refractivity contribution >= 4 is 0 Å². The average Bonchev–Trinajstić information content (AvgIpc) is 2.77. The molecule has 0 saturated heterocycles. The number of fused-ring (bicyclic) bond motifs is 1. The lowest BCUT2D eigenvalue weighted by atomic mass is 10.1. The highest BCUT2D eigenvalue weighted by Crippen LogP contribution is 2.33. The summed E-state index contributed by atoms with van der Waals surface area (Å²) in [5, 5.41) is 3.61. The SMILES string of the molecule is COc1ccc2c(c1)C(NCCCCN)CC2. The van der Waals surface area contributed by atoms with Crippen LogP contribution in [0.5, 0.6) is 5.75 Å². The first kappa shape index (κ1) is 12.4. The van der Waals surface area contributed by atoms with Crippen LogP contribution < -0.4 is 15.8 Å². The predicted molar refractivity (Wildman–Crippen MR) is 70.3 cm³/mol. The van der Waals surface area contributed by atoms with Gasteiger partial charge in [-0.2, -0.15) is 0 Å². The molecule has 1 aliphatic rings. The summed E-state index contributed by atoms with van der Waals surface area (Å²) in [4.78, 5) is 0. The van der Waals surface area contributed by atoms with Gasteiger partial charge in [-0.15, -0.1) is 0 Å². The molecule has 1 aliphatic carbocycles. The minimum Gasteiger partial charge on any atom is -0.497 e. The topological polar surface area (TPSA) is 47.3 Å². The highest BCUT2D eigenvalue weighted by atomic mass is 16.5. The molecule has 0 bridgehead atoms. The zero-order valence-electron chi connectivity index (χ0n) is 10.5. The van der Waals surface area contributed by atoms with E-state index in [1.54, 1.807) is 7.11 Å². The Morgan fingerprint density at radius 1 is 1.41 bits per heavy atom. The van der Waals surface area contributed by atoms with Crippen molar-refractivity contribution in [3.05, 3.63) is 29.3 Å². The van der Waals surface area contributed by atoms with Crippen LogP contribution in [0.4, 0.5) is 0 Å². The van der Waals surface area contributed by atoms with Crippen LogP contribution in [0, 0.1) is 0 Å². The van der Waals surface area contributed by atoms with Gasteiger partial charge in [0.2, 0.25) is 0 Å². The van der Waals surface area contributed by atoms with Gasteiger partial charge < -0.3 is 15.8 Å². The van der Waals surface area contributed by atoms with Crippen LogP contribution >= 0.6 is 0 Å². The molecule has 2 rings (SSSR count). The van der Waals surface area contributed by atoms with E-state index in [1.807, 2.05) is 0 Å². The van der Waals surface area contributed by atoms with Crippen molar-refractivity contribution in [1.82, 2.24) is 5.32 Å². The maximum atomic E-state index is 5.49. The van der Waals surface area contributed by atoms with Crippen molar-refractivity contribution in [3.63, 3.8) is 0 Å². The molecule has 0 spiro atoms. The van der Waals surface area contributed by atoms with E-state index in [9.17, 15) is 0 Å². The second kappa shape index (κ2) is 6.03. The van der Waals surface area contributed by atoms with Crippen molar-refractivity contribution in [2.24, 2.45) is 5.73 Å². The van der Waals surface area contributed by atoms with Crippen LogP contribution in [-0.2, 0) is 6.42 Å². The zero-order chi connectivity index (χ0) is 12.1. The molecule has 0 saturated carbocycles. The van der Waals surface area contributed by atoms with Crippen LogP contribution in [-0.4, -0.2) is 20.2 Å². The second-order valence-electron chi connectivity index (χ2n) is 4.61. The van der Waals surface area contributed by atoms with Crippen molar-refractivity contribution in [2.45, 2.75) is 31.7 Å². The minimum atomic E-state index is 0.498. The molecule has 3 N–H and O–H groups in total. The molecule has 0 aromatic heterocycles. The monoisotopic (exact) mass is 234 g/mol. The summed E-state index contributed by atoms with van der Waals surface area (Å²) in [5.74, 6) is 0.958. The number of nitrogens with two attached hydrogens (primary N) is 1. The van der Waals surface area contributed by atoms with Gasteiger partial charge in [0, 0.05) is 6.04 Å². The number of methoxy groups -OCH3 is 1. The van der Waals surface area contributed by atoms with E-state index in [4.69, 9.17) is 10.5 Å². The smallest absolute Gasteiger partial charge is 0.119 e. The Morgan fingerprint density at radius 3 is 3.06 bits per heavy atom. The maximum absolute atomic E-state index is 5.49. The van der Waals surface area contributed by atoms with Gasteiger partial charge >= 0.3 is 0 Å². The molecular formula is C14H22N2O. The van der Waals surface area contributed by atoms with Crippen molar-refractivity contribution < 1.29 is 4.74 Å². The third-order valence-corrected chi connectivity index (χ3v) is 3.45. The quantitative estimate of drug-likeness (QED) is 0.740. The summed E-state index contributed by atoms with van der Waals surface area (Å²) < 4.78 is 5.29. The largest absolute Gasteiger partial charge is 0.497 e. The van der Waals surface area contributed by atoms with Crippen LogP contribution in [0.3, 0.4) is 0 Å². The Labute approximate surface area is 103 Å². The summed E-state index contributed by atoms with van der Waals surface area (Å²) in [6.07, 6.45) is 4.63. The van der Waals surface area contributed by atoms with Crippen LogP contribution in [0.2, 0.25) is 0 Å². The van der Waals surface area contributed by atoms with Gasteiger partial charge in [0.25, 0.3) is 0 Å². The van der Waals surface area contributed by atoms with Gasteiger partial charge in [0.1, 0.15) is 5.75 Å². The average molecular weight is 234 g/mol. The van der Waals surface area contributed by atoms with Crippen molar-refractivity contribution in [2.75, 3.05) is 20.2 Å². The third-order valence-electron chi connectivity index (χ3n) is 3.45. The van der Waals surface area contributed by atoms with E-state index in [0.717, 1.165) is 31.7 Å². The molecule has 1 aromatic carbocycles. The van der Waals surface area contributed by atoms with Gasteiger partial charge in [0.15, 0.2) is 0 Å². The van der Waals surface area contributed by atoms with E-state index < -0.39 is 0 Å². The van der Waals surface area contributed by atoms with Crippen molar-refractivity contribution in [3.8, 4) is 5.75 Å². The lowest BCUT2D eigenvalue weighted by molar-refractivity contribution is 0.413. The number of ether oxygens (including phenoxy) is 1. The summed E-state index contributed by atoms with van der Waals surface area (Å²) >= 11 is 0. The number of unbranched alkanes of at least 4 members (excludes halogenated alkanes) is 1. The Kier molecular flexibility index (Phi) is 4.40. The first-order valence-electron chi connectivity index (χ1n) is 6.45. The molecule has 3 nitrogen and oxygen atoms in total. The predicted octanol–water partition coefficient (Wildman–Crippen LogP) is 2.01. The first-order valence-corrected chi connectivity index (χ1v) is 6.45. The summed E-state index contributed by atoms with van der Waals surface area (Å²) in [6, 6.07) is 6.91. The van der Waals surface area contributed by atoms with Crippen molar-refractivity contribution in [1.29, 1.82) is 0 Å². The zero-order valence-corrected chi connectivity index (χ0v) is 10.5. The van der Waals surface area contributed by atoms with Gasteiger partial charge in [-0.25, -0.2) is 0 Å². The van der Waals surface area contributed by atoms with E-state index in [0.29, 0.717) is 6.04 Å². The summed E-state index contributed by atoms with van der Waals surface area (Å²) in [5.41, 5.74) is 8.37. The molecular weight excluding hydrogens is 212 g/mol. The number of rotatable bonds is 6. The minimum absolute atomic E-state index is 0.498. The van der Waals surface area contributed by atoms with E-state index in [-0.39, 0.29) is 0 Å². The normalized spacial score (nSPS) is 18.1. The lowest BCUT2D eigenvalue weighted by Gasteiger charge is -2.14. The molecule has 0 fully saturated rings. The Balaban J connectivity index is 1.95. The number of hydrogen-bond acceptors (Lipinski definition) is 3. The fraction of sp³-hybridized carbons (Fsp3) is 0.571. The Morgan fingerprint density at radius 2 is 2.29 bits per heavy atom. The van der Waals surface area contributed by atoms with Crippen LogP contribution in [0.25, 0.3) is 0 Å². The number of nitrogens with one attached hydrogen (secondary N) is 1. The number of hydrogen-bond donors (Lipinski definition) is 2. The van der Waals surface area contributed by atoms with Gasteiger partial charge in [-0.3, -0.25) is 0 Å². The molecule has 1 atom stereocenters. The maximum Gasteiger partial charge on any atom is 0.119 e. The molecule has 1 aromatic rings. The summed E-state index contributed by atoms with van der Waals surface area (Å²) in [7, 11) is 1.72. The Hall–Kier alpha value is -1.06. The van der Waals surface area contributed by atoms with Crippen LogP contribution in [0.15, 0.2) is 18.2 Å². The molecule has 0 heterocycles. The van der Waals surface area contributed by atoms with Gasteiger partial charge in [0.05, 0.1) is 7.11 Å². The molecule has 1 unspecified atom stereocenters. The molecule has 94 valence electrons. The third kappa shape index (κ3) is 2.99. The molecule has 0 aliphatic heterocycles. The fourth-order valence-corrected chi connectivity index (χ4v) is 2.47. The molecule has 0 radical (unpaired) electrons. The number of aryl methyl sites for hydroxylation is 1. The second-order valence-corrected chi connectivity index (χ2v) is 4.61. The number of benzene rings is 1. The standard InChI is InChI=1S/C14H22N2O/c1-17-12-6-4-11-5-7-14(13(11)10-12)16-9-3-2-8-15/h4,6,10,14,16H,2-3,5,7-9,15H2,1H3. The highest BCUT2D eigenvalue weighted by Gasteiger charge is 2.21. The fourth-order valence-electron chi connectivity index (χ4n) is 2.47. The van der Waals surface area contributed by atoms with Gasteiger partial charge in [-0.1, -0.05) is 6.07 Å². The molecule has 0 amide bonds. The highest BCUT2D eigenvalue weighted by molar-refractivity contribution is 5.40. The first-order chi connectivity index (χ1) is 8.35. The lowest BCUT2D eigenvalue weighted by Crippen LogP contribution is -2.21. The molecule has 3 heteroatoms. The van der Waals surface area contributed by atoms with Gasteiger partial charge in [-0.05, 0) is 62.0 Å². The van der Waals surface area contributed by atoms with E-state index in [1.165, 1.54) is 24.0 Å². The van der Waals surface area contributed by atoms with E-state index >= 15 is 0 Å². The summed E-state index contributed by atoms with van der Waals surface area (Å²) in [6.45, 7) is 1.84. The molecule has 17 heavy (non-hydrogen) atoms. The Bertz CT molecular complexity index is 365.